The third kappa shape index (κ3) is 4.26. The fourth-order valence-electron chi connectivity index (χ4n) is 3.97. The minimum atomic E-state index is -1.15. The third-order valence-corrected chi connectivity index (χ3v) is 7.10. The van der Waals surface area contributed by atoms with Crippen LogP contribution in [-0.2, 0) is 22.2 Å². The molecule has 5 nitrogen and oxygen atoms in total. The first-order valence-electron chi connectivity index (χ1n) is 9.50. The second-order valence-electron chi connectivity index (χ2n) is 8.46. The number of hydrogen-bond acceptors (Lipinski definition) is 3. The summed E-state index contributed by atoms with van der Waals surface area (Å²) < 4.78 is 16.0. The van der Waals surface area contributed by atoms with E-state index in [1.807, 2.05) is 26.8 Å². The molecular weight excluding hydrogens is 358 g/mol. The van der Waals surface area contributed by atoms with Crippen LogP contribution in [0.2, 0.25) is 0 Å². The molecule has 0 radical (unpaired) electrons. The average molecular weight is 388 g/mol. The maximum Gasteiger partial charge on any atom is 0.295 e. The Bertz CT molecular complexity index is 811. The monoisotopic (exact) mass is 387 g/mol. The van der Waals surface area contributed by atoms with Gasteiger partial charge in [0.15, 0.2) is 0 Å². The number of piperidine rings is 1. The standard InChI is InChI=1S/C21H29N3O2S/c1-20(2,3)27(26)24-19-17-13-15(6-8-18(25)22-4)5-7-16(17)14-21(19)9-11-23-12-10-21/h5,7,13,19,23-24H,9-12,14H2,1-4H3,(H,22,25)/t19-,27-/m1/s1. The van der Waals surface area contributed by atoms with Crippen LogP contribution in [0, 0.1) is 17.3 Å². The lowest BCUT2D eigenvalue weighted by atomic mass is 9.73. The van der Waals surface area contributed by atoms with Crippen molar-refractivity contribution in [1.82, 2.24) is 15.4 Å². The Hall–Kier alpha value is -1.68. The molecule has 1 saturated heterocycles. The van der Waals surface area contributed by atoms with Crippen molar-refractivity contribution in [2.45, 2.75) is 50.8 Å². The molecule has 1 aromatic rings. The first kappa shape index (κ1) is 20.1. The van der Waals surface area contributed by atoms with Crippen LogP contribution in [-0.4, -0.2) is 35.0 Å². The van der Waals surface area contributed by atoms with Crippen LogP contribution >= 0.6 is 0 Å². The summed E-state index contributed by atoms with van der Waals surface area (Å²) in [4.78, 5) is 11.4. The van der Waals surface area contributed by atoms with Gasteiger partial charge in [0.25, 0.3) is 5.91 Å². The van der Waals surface area contributed by atoms with Gasteiger partial charge in [-0.1, -0.05) is 12.0 Å². The van der Waals surface area contributed by atoms with Crippen LogP contribution in [0.5, 0.6) is 0 Å². The zero-order chi connectivity index (χ0) is 19.7. The van der Waals surface area contributed by atoms with Gasteiger partial charge in [-0.15, -0.1) is 0 Å². The van der Waals surface area contributed by atoms with Crippen LogP contribution in [0.4, 0.5) is 0 Å². The fraction of sp³-hybridized carbons (Fsp3) is 0.571. The molecule has 146 valence electrons. The van der Waals surface area contributed by atoms with Gasteiger partial charge in [0.2, 0.25) is 0 Å². The van der Waals surface area contributed by atoms with Gasteiger partial charge >= 0.3 is 0 Å². The van der Waals surface area contributed by atoms with E-state index in [4.69, 9.17) is 0 Å². The summed E-state index contributed by atoms with van der Waals surface area (Å²) in [6.45, 7) is 7.94. The molecule has 1 amide bonds. The highest BCUT2D eigenvalue weighted by Gasteiger charge is 2.47. The van der Waals surface area contributed by atoms with E-state index < -0.39 is 11.0 Å². The summed E-state index contributed by atoms with van der Waals surface area (Å²) in [6.07, 6.45) is 3.10. The smallest absolute Gasteiger partial charge is 0.295 e. The Morgan fingerprint density at radius 2 is 2.00 bits per heavy atom. The fourth-order valence-corrected chi connectivity index (χ4v) is 4.91. The van der Waals surface area contributed by atoms with Gasteiger partial charge in [0, 0.05) is 18.5 Å². The molecule has 6 heteroatoms. The Morgan fingerprint density at radius 1 is 1.30 bits per heavy atom. The lowest BCUT2D eigenvalue weighted by Gasteiger charge is -2.40. The van der Waals surface area contributed by atoms with Crippen LogP contribution in [0.15, 0.2) is 18.2 Å². The van der Waals surface area contributed by atoms with Gasteiger partial charge in [0.05, 0.1) is 21.8 Å². The van der Waals surface area contributed by atoms with E-state index in [1.54, 1.807) is 7.05 Å². The van der Waals surface area contributed by atoms with Crippen molar-refractivity contribution in [3.8, 4) is 11.8 Å². The first-order valence-corrected chi connectivity index (χ1v) is 10.7. The highest BCUT2D eigenvalue weighted by molar-refractivity contribution is 7.84. The zero-order valence-corrected chi connectivity index (χ0v) is 17.4. The molecule has 27 heavy (non-hydrogen) atoms. The van der Waals surface area contributed by atoms with Crippen LogP contribution in [0.3, 0.4) is 0 Å². The Morgan fingerprint density at radius 3 is 2.63 bits per heavy atom. The minimum absolute atomic E-state index is 0.0383. The molecule has 3 N–H and O–H groups in total. The van der Waals surface area contributed by atoms with Crippen LogP contribution in [0.25, 0.3) is 0 Å². The average Bonchev–Trinajstić information content (AvgIpc) is 2.91. The van der Waals surface area contributed by atoms with E-state index in [2.05, 4.69) is 39.3 Å². The number of benzene rings is 1. The molecule has 0 saturated carbocycles. The number of carbonyl (C=O) groups is 1. The van der Waals surface area contributed by atoms with Gasteiger partial charge in [-0.25, -0.2) is 8.93 Å². The first-order chi connectivity index (χ1) is 12.7. The topological polar surface area (TPSA) is 70.2 Å². The van der Waals surface area contributed by atoms with Gasteiger partial charge in [-0.05, 0) is 81.8 Å². The number of rotatable bonds is 2. The van der Waals surface area contributed by atoms with Crippen molar-refractivity contribution < 1.29 is 9.00 Å². The lowest BCUT2D eigenvalue weighted by Crippen LogP contribution is -2.46. The molecule has 1 heterocycles. The van der Waals surface area contributed by atoms with Crippen molar-refractivity contribution in [1.29, 1.82) is 0 Å². The third-order valence-electron chi connectivity index (χ3n) is 5.54. The van der Waals surface area contributed by atoms with Crippen LogP contribution < -0.4 is 15.4 Å². The summed E-state index contributed by atoms with van der Waals surface area (Å²) in [7, 11) is 0.420. The highest BCUT2D eigenvalue weighted by Crippen LogP contribution is 2.51. The molecule has 2 aliphatic rings. The Balaban J connectivity index is 1.97. The maximum absolute atomic E-state index is 12.9. The maximum atomic E-state index is 12.9. The van der Waals surface area contributed by atoms with Gasteiger partial charge in [-0.3, -0.25) is 4.79 Å². The molecule has 0 aromatic heterocycles. The van der Waals surface area contributed by atoms with E-state index in [9.17, 15) is 9.00 Å². The molecule has 0 bridgehead atoms. The van der Waals surface area contributed by atoms with Crippen molar-refractivity contribution >= 4 is 16.9 Å². The van der Waals surface area contributed by atoms with Crippen molar-refractivity contribution in [2.24, 2.45) is 5.41 Å². The second kappa shape index (κ2) is 7.75. The van der Waals surface area contributed by atoms with Crippen molar-refractivity contribution in [3.05, 3.63) is 34.9 Å². The second-order valence-corrected chi connectivity index (χ2v) is 10.5. The Labute approximate surface area is 164 Å². The number of carbonyl (C=O) groups excluding carboxylic acids is 1. The summed E-state index contributed by atoms with van der Waals surface area (Å²) in [6, 6.07) is 6.21. The number of fused-ring (bicyclic) bond motifs is 1. The summed E-state index contributed by atoms with van der Waals surface area (Å²) in [5.74, 6) is 5.25. The molecule has 1 spiro atoms. The number of amides is 1. The largest absolute Gasteiger partial charge is 0.348 e. The summed E-state index contributed by atoms with van der Waals surface area (Å²) >= 11 is 0. The lowest BCUT2D eigenvalue weighted by molar-refractivity contribution is -0.115. The van der Waals surface area contributed by atoms with E-state index in [-0.39, 0.29) is 22.1 Å². The highest BCUT2D eigenvalue weighted by atomic mass is 32.2. The molecule has 3 rings (SSSR count). The summed E-state index contributed by atoms with van der Waals surface area (Å²) in [5.41, 5.74) is 3.38. The van der Waals surface area contributed by atoms with E-state index >= 15 is 0 Å². The predicted molar refractivity (Wildman–Crippen MR) is 109 cm³/mol. The van der Waals surface area contributed by atoms with Gasteiger partial charge in [-0.2, -0.15) is 0 Å². The SMILES string of the molecule is CNC(=O)C#Cc1ccc2c(c1)[C@@H](N[S@](=O)C(C)(C)C)C1(CCNCC1)C2. The van der Waals surface area contributed by atoms with E-state index in [0.717, 1.165) is 37.9 Å². The predicted octanol–water partition coefficient (Wildman–Crippen LogP) is 1.80. The van der Waals surface area contributed by atoms with Crippen molar-refractivity contribution in [3.63, 3.8) is 0 Å². The zero-order valence-electron chi connectivity index (χ0n) is 16.6. The number of nitrogens with one attached hydrogen (secondary N) is 3. The molecule has 2 atom stereocenters. The Kier molecular flexibility index (Phi) is 5.76. The van der Waals surface area contributed by atoms with Gasteiger partial charge in [0.1, 0.15) is 0 Å². The number of hydrogen-bond donors (Lipinski definition) is 3. The van der Waals surface area contributed by atoms with E-state index in [1.165, 1.54) is 11.1 Å². The molecular formula is C21H29N3O2S. The quantitative estimate of drug-likeness (QED) is 0.678. The van der Waals surface area contributed by atoms with Gasteiger partial charge < -0.3 is 10.6 Å². The normalized spacial score (nSPS) is 21.9. The molecule has 1 aliphatic heterocycles. The molecule has 1 fully saturated rings. The molecule has 1 aliphatic carbocycles. The van der Waals surface area contributed by atoms with Crippen molar-refractivity contribution in [2.75, 3.05) is 20.1 Å². The van der Waals surface area contributed by atoms with E-state index in [0.29, 0.717) is 0 Å². The molecule has 1 aromatic carbocycles. The van der Waals surface area contributed by atoms with Crippen LogP contribution in [0.1, 0.15) is 56.3 Å². The minimum Gasteiger partial charge on any atom is -0.348 e. The summed E-state index contributed by atoms with van der Waals surface area (Å²) in [5, 5.41) is 5.96. The molecule has 0 unspecified atom stereocenters.